The maximum absolute atomic E-state index is 12.7. The lowest BCUT2D eigenvalue weighted by Crippen LogP contribution is -2.46. The summed E-state index contributed by atoms with van der Waals surface area (Å²) in [5, 5.41) is 23.2. The number of nitrogens with zero attached hydrogens (tertiary/aromatic N) is 4. The first-order chi connectivity index (χ1) is 17.0. The van der Waals surface area contributed by atoms with E-state index in [0.717, 1.165) is 39.5 Å². The van der Waals surface area contributed by atoms with Gasteiger partial charge in [-0.2, -0.15) is 5.26 Å². The van der Waals surface area contributed by atoms with Crippen molar-refractivity contribution < 1.29 is 14.3 Å². The number of benzene rings is 2. The van der Waals surface area contributed by atoms with Crippen LogP contribution in [0.15, 0.2) is 36.4 Å². The molecule has 1 atom stereocenters. The Morgan fingerprint density at radius 2 is 2.03 bits per heavy atom. The average molecular weight is 490 g/mol. The molecule has 0 saturated carbocycles. The second-order valence-electron chi connectivity index (χ2n) is 8.92. The number of urea groups is 1. The van der Waals surface area contributed by atoms with Gasteiger partial charge < -0.3 is 19.7 Å². The number of carbonyl (C=O) groups is 1. The number of fused-ring (bicyclic) bond motifs is 1. The van der Waals surface area contributed by atoms with Crippen molar-refractivity contribution in [3.63, 3.8) is 0 Å². The molecule has 1 aromatic heterocycles. The molecule has 5 rings (SSSR count). The van der Waals surface area contributed by atoms with E-state index in [-0.39, 0.29) is 18.2 Å². The van der Waals surface area contributed by atoms with E-state index in [1.54, 1.807) is 6.07 Å². The lowest BCUT2D eigenvalue weighted by Gasteiger charge is -2.28. The van der Waals surface area contributed by atoms with Crippen LogP contribution in [0.25, 0.3) is 21.1 Å². The molecule has 0 spiro atoms. The molecule has 2 amide bonds. The molecule has 35 heavy (non-hydrogen) atoms. The predicted molar refractivity (Wildman–Crippen MR) is 133 cm³/mol. The molecule has 9 heteroatoms. The van der Waals surface area contributed by atoms with Crippen LogP contribution in [0.3, 0.4) is 0 Å². The fourth-order valence-corrected chi connectivity index (χ4v) is 5.46. The van der Waals surface area contributed by atoms with Crippen LogP contribution in [0, 0.1) is 11.3 Å². The van der Waals surface area contributed by atoms with Crippen LogP contribution in [0.5, 0.6) is 5.75 Å². The van der Waals surface area contributed by atoms with Crippen molar-refractivity contribution in [2.45, 2.75) is 38.8 Å². The summed E-state index contributed by atoms with van der Waals surface area (Å²) < 4.78 is 11.1. The quantitative estimate of drug-likeness (QED) is 0.564. The normalized spacial score (nSPS) is 17.2. The van der Waals surface area contributed by atoms with Crippen LogP contribution in [-0.2, 0) is 11.2 Å². The summed E-state index contributed by atoms with van der Waals surface area (Å²) >= 11 is 1.50. The summed E-state index contributed by atoms with van der Waals surface area (Å²) in [6.07, 6.45) is 1.72. The summed E-state index contributed by atoms with van der Waals surface area (Å²) in [7, 11) is 0. The van der Waals surface area contributed by atoms with Crippen LogP contribution in [0.4, 0.5) is 4.79 Å². The van der Waals surface area contributed by atoms with Crippen LogP contribution < -0.4 is 10.1 Å². The van der Waals surface area contributed by atoms with Gasteiger partial charge in [0.05, 0.1) is 30.9 Å². The Hall–Kier alpha value is -3.48. The highest BCUT2D eigenvalue weighted by molar-refractivity contribution is 7.17. The number of morpholine rings is 1. The fourth-order valence-electron chi connectivity index (χ4n) is 4.57. The van der Waals surface area contributed by atoms with Gasteiger partial charge in [0, 0.05) is 24.2 Å². The minimum atomic E-state index is -0.0343. The molecule has 2 aromatic carbocycles. The summed E-state index contributed by atoms with van der Waals surface area (Å²) in [6.45, 7) is 6.28. The smallest absolute Gasteiger partial charge is 0.318 e. The van der Waals surface area contributed by atoms with Crippen molar-refractivity contribution in [2.24, 2.45) is 0 Å². The minimum Gasteiger partial charge on any atom is -0.490 e. The SMILES string of the molecule is CC(C)Oc1ccc(-c2nnc(-c3cccc4c3CC[C@@H]4NC(=O)N3CCOCC3)s2)cc1C#N. The van der Waals surface area contributed by atoms with Gasteiger partial charge in [-0.15, -0.1) is 10.2 Å². The maximum Gasteiger partial charge on any atom is 0.318 e. The standard InChI is InChI=1S/C26H27N5O3S/c1-16(2)34-23-9-6-17(14-18(23)15-27)24-29-30-25(35-24)21-5-3-4-20-19(21)7-8-22(20)28-26(32)31-10-12-33-13-11-31/h3-6,9,14,16,22H,7-8,10-13H2,1-2H3,(H,28,32)/t22-/m0/s1. The van der Waals surface area contributed by atoms with Gasteiger partial charge in [0.1, 0.15) is 21.8 Å². The number of hydrogen-bond acceptors (Lipinski definition) is 7. The fraction of sp³-hybridized carbons (Fsp3) is 0.385. The van der Waals surface area contributed by atoms with Gasteiger partial charge >= 0.3 is 6.03 Å². The van der Waals surface area contributed by atoms with E-state index in [2.05, 4.69) is 33.7 Å². The average Bonchev–Trinajstić information content (AvgIpc) is 3.52. The van der Waals surface area contributed by atoms with E-state index in [1.807, 2.05) is 36.9 Å². The molecule has 0 bridgehead atoms. The molecule has 0 radical (unpaired) electrons. The summed E-state index contributed by atoms with van der Waals surface area (Å²) in [4.78, 5) is 14.5. The van der Waals surface area contributed by atoms with E-state index in [4.69, 9.17) is 9.47 Å². The molecular formula is C26H27N5O3S. The van der Waals surface area contributed by atoms with E-state index in [0.29, 0.717) is 37.6 Å². The molecule has 1 aliphatic carbocycles. The zero-order valence-electron chi connectivity index (χ0n) is 19.8. The van der Waals surface area contributed by atoms with Crippen molar-refractivity contribution >= 4 is 17.4 Å². The van der Waals surface area contributed by atoms with Gasteiger partial charge in [-0.25, -0.2) is 4.79 Å². The van der Waals surface area contributed by atoms with Gasteiger partial charge in [0.2, 0.25) is 0 Å². The van der Waals surface area contributed by atoms with Crippen molar-refractivity contribution in [2.75, 3.05) is 26.3 Å². The summed E-state index contributed by atoms with van der Waals surface area (Å²) in [6, 6.07) is 13.9. The molecule has 1 N–H and O–H groups in total. The van der Waals surface area contributed by atoms with Crippen LogP contribution >= 0.6 is 11.3 Å². The minimum absolute atomic E-state index is 0.0104. The number of ether oxygens (including phenoxy) is 2. The largest absolute Gasteiger partial charge is 0.490 e. The van der Waals surface area contributed by atoms with Gasteiger partial charge in [0.25, 0.3) is 0 Å². The Bertz CT molecular complexity index is 1280. The maximum atomic E-state index is 12.7. The molecule has 180 valence electrons. The molecule has 2 aliphatic rings. The highest BCUT2D eigenvalue weighted by atomic mass is 32.1. The van der Waals surface area contributed by atoms with Gasteiger partial charge in [0.15, 0.2) is 0 Å². The Labute approximate surface area is 208 Å². The Morgan fingerprint density at radius 1 is 1.23 bits per heavy atom. The summed E-state index contributed by atoms with van der Waals surface area (Å²) in [5.74, 6) is 0.571. The molecule has 0 unspecified atom stereocenters. The number of rotatable bonds is 5. The number of aromatic nitrogens is 2. The highest BCUT2D eigenvalue weighted by Crippen LogP contribution is 2.40. The number of hydrogen-bond donors (Lipinski definition) is 1. The van der Waals surface area contributed by atoms with Crippen LogP contribution in [0.2, 0.25) is 0 Å². The molecule has 1 saturated heterocycles. The Balaban J connectivity index is 1.37. The monoisotopic (exact) mass is 489 g/mol. The van der Waals surface area contributed by atoms with Crippen LogP contribution in [-0.4, -0.2) is 53.5 Å². The molecular weight excluding hydrogens is 462 g/mol. The molecule has 8 nitrogen and oxygen atoms in total. The van der Waals surface area contributed by atoms with E-state index in [1.165, 1.54) is 16.9 Å². The number of nitriles is 1. The molecule has 2 heterocycles. The van der Waals surface area contributed by atoms with Crippen molar-refractivity contribution in [3.8, 4) is 33.0 Å². The Morgan fingerprint density at radius 3 is 2.80 bits per heavy atom. The molecule has 1 fully saturated rings. The van der Waals surface area contributed by atoms with Crippen molar-refractivity contribution in [1.29, 1.82) is 5.26 Å². The van der Waals surface area contributed by atoms with Crippen molar-refractivity contribution in [3.05, 3.63) is 53.1 Å². The lowest BCUT2D eigenvalue weighted by molar-refractivity contribution is 0.0525. The second kappa shape index (κ2) is 10.0. The van der Waals surface area contributed by atoms with Gasteiger partial charge in [-0.1, -0.05) is 29.5 Å². The Kier molecular flexibility index (Phi) is 6.66. The number of carbonyl (C=O) groups excluding carboxylic acids is 1. The zero-order valence-corrected chi connectivity index (χ0v) is 20.6. The topological polar surface area (TPSA) is 100 Å². The first-order valence-electron chi connectivity index (χ1n) is 11.8. The van der Waals surface area contributed by atoms with Gasteiger partial charge in [-0.3, -0.25) is 0 Å². The van der Waals surface area contributed by atoms with Crippen molar-refractivity contribution in [1.82, 2.24) is 20.4 Å². The third-order valence-electron chi connectivity index (χ3n) is 6.23. The zero-order chi connectivity index (χ0) is 24.4. The molecule has 1 aliphatic heterocycles. The van der Waals surface area contributed by atoms with E-state index >= 15 is 0 Å². The third-order valence-corrected chi connectivity index (χ3v) is 7.24. The number of nitrogens with one attached hydrogen (secondary N) is 1. The lowest BCUT2D eigenvalue weighted by atomic mass is 10.0. The summed E-state index contributed by atoms with van der Waals surface area (Å²) in [5.41, 5.74) is 4.72. The first kappa shape index (κ1) is 23.3. The van der Waals surface area contributed by atoms with Crippen LogP contribution in [0.1, 0.15) is 43.0 Å². The predicted octanol–water partition coefficient (Wildman–Crippen LogP) is 4.56. The second-order valence-corrected chi connectivity index (χ2v) is 9.89. The van der Waals surface area contributed by atoms with Gasteiger partial charge in [-0.05, 0) is 56.0 Å². The third kappa shape index (κ3) is 4.85. The van der Waals surface area contributed by atoms with E-state index < -0.39 is 0 Å². The number of amides is 2. The first-order valence-corrected chi connectivity index (χ1v) is 12.6. The van der Waals surface area contributed by atoms with E-state index in [9.17, 15) is 10.1 Å². The highest BCUT2D eigenvalue weighted by Gasteiger charge is 2.29. The molecule has 3 aromatic rings.